The van der Waals surface area contributed by atoms with Crippen molar-refractivity contribution in [2.45, 2.75) is 44.0 Å². The Morgan fingerprint density at radius 2 is 1.89 bits per heavy atom. The Hall–Kier alpha value is -2.04. The van der Waals surface area contributed by atoms with E-state index in [1.807, 2.05) is 13.8 Å². The maximum atomic E-state index is 14.0. The van der Waals surface area contributed by atoms with Crippen molar-refractivity contribution < 1.29 is 31.9 Å². The molecular formula is C17H23FN2O6S. The number of benzene rings is 1. The molecule has 1 fully saturated rings. The molecule has 1 aliphatic rings. The van der Waals surface area contributed by atoms with Crippen molar-refractivity contribution in [2.24, 2.45) is 0 Å². The molecule has 0 radical (unpaired) electrons. The van der Waals surface area contributed by atoms with Crippen LogP contribution in [0, 0.1) is 5.82 Å². The van der Waals surface area contributed by atoms with Gasteiger partial charge in [-0.2, -0.15) is 0 Å². The number of morpholine rings is 1. The Bertz CT molecular complexity index is 819. The van der Waals surface area contributed by atoms with Crippen LogP contribution in [0.3, 0.4) is 0 Å². The summed E-state index contributed by atoms with van der Waals surface area (Å²) >= 11 is 0. The molecule has 1 aromatic rings. The summed E-state index contributed by atoms with van der Waals surface area (Å²) in [6.07, 6.45) is -1.46. The highest BCUT2D eigenvalue weighted by Crippen LogP contribution is 2.18. The SMILES string of the molecule is CNS(=O)(=O)c1ccc(F)c(C(=O)OC(C)C(=O)N2CC(C)OC(C)C2)c1. The van der Waals surface area contributed by atoms with E-state index in [-0.39, 0.29) is 17.1 Å². The molecule has 0 spiro atoms. The summed E-state index contributed by atoms with van der Waals surface area (Å²) in [5.74, 6) is -2.48. The van der Waals surface area contributed by atoms with Crippen molar-refractivity contribution >= 4 is 21.9 Å². The number of rotatable bonds is 5. The average molecular weight is 402 g/mol. The average Bonchev–Trinajstić information content (AvgIpc) is 2.60. The minimum atomic E-state index is -3.86. The lowest BCUT2D eigenvalue weighted by atomic mass is 10.2. The minimum Gasteiger partial charge on any atom is -0.449 e. The van der Waals surface area contributed by atoms with Gasteiger partial charge in [-0.1, -0.05) is 0 Å². The summed E-state index contributed by atoms with van der Waals surface area (Å²) in [5, 5.41) is 0. The second kappa shape index (κ2) is 8.32. The van der Waals surface area contributed by atoms with E-state index in [0.29, 0.717) is 13.1 Å². The summed E-state index contributed by atoms with van der Waals surface area (Å²) in [6.45, 7) is 5.76. The second-order valence-electron chi connectivity index (χ2n) is 6.40. The Kier molecular flexibility index (Phi) is 6.55. The molecular weight excluding hydrogens is 379 g/mol. The highest BCUT2D eigenvalue weighted by atomic mass is 32.2. The largest absolute Gasteiger partial charge is 0.449 e. The van der Waals surface area contributed by atoms with E-state index in [1.54, 1.807) is 0 Å². The van der Waals surface area contributed by atoms with Gasteiger partial charge in [-0.25, -0.2) is 22.3 Å². The van der Waals surface area contributed by atoms with Crippen LogP contribution in [0.25, 0.3) is 0 Å². The number of nitrogens with zero attached hydrogens (tertiary/aromatic N) is 1. The quantitative estimate of drug-likeness (QED) is 0.735. The Morgan fingerprint density at radius 3 is 2.44 bits per heavy atom. The zero-order valence-electron chi connectivity index (χ0n) is 15.6. The van der Waals surface area contributed by atoms with Crippen molar-refractivity contribution in [3.63, 3.8) is 0 Å². The Labute approximate surface area is 157 Å². The molecule has 0 saturated carbocycles. The second-order valence-corrected chi connectivity index (χ2v) is 8.28. The predicted molar refractivity (Wildman–Crippen MR) is 94.1 cm³/mol. The van der Waals surface area contributed by atoms with Crippen molar-refractivity contribution in [1.29, 1.82) is 0 Å². The van der Waals surface area contributed by atoms with Crippen molar-refractivity contribution in [2.75, 3.05) is 20.1 Å². The number of hydrogen-bond acceptors (Lipinski definition) is 6. The molecule has 8 nitrogen and oxygen atoms in total. The van der Waals surface area contributed by atoms with E-state index >= 15 is 0 Å². The number of nitrogens with one attached hydrogen (secondary N) is 1. The first-order valence-electron chi connectivity index (χ1n) is 8.43. The Balaban J connectivity index is 2.14. The van der Waals surface area contributed by atoms with Gasteiger partial charge in [0.15, 0.2) is 6.10 Å². The number of carbonyl (C=O) groups is 2. The summed E-state index contributed by atoms with van der Waals surface area (Å²) < 4.78 is 50.4. The van der Waals surface area contributed by atoms with Crippen LogP contribution in [0.5, 0.6) is 0 Å². The van der Waals surface area contributed by atoms with Crippen LogP contribution in [0.1, 0.15) is 31.1 Å². The maximum Gasteiger partial charge on any atom is 0.341 e. The molecule has 10 heteroatoms. The van der Waals surface area contributed by atoms with Gasteiger partial charge in [0.1, 0.15) is 5.82 Å². The van der Waals surface area contributed by atoms with Gasteiger partial charge in [0.2, 0.25) is 10.0 Å². The Morgan fingerprint density at radius 1 is 1.30 bits per heavy atom. The third-order valence-corrected chi connectivity index (χ3v) is 5.51. The van der Waals surface area contributed by atoms with Gasteiger partial charge in [-0.3, -0.25) is 4.79 Å². The smallest absolute Gasteiger partial charge is 0.341 e. The van der Waals surface area contributed by atoms with Gasteiger partial charge in [0.05, 0.1) is 22.7 Å². The lowest BCUT2D eigenvalue weighted by molar-refractivity contribution is -0.151. The van der Waals surface area contributed by atoms with Crippen LogP contribution >= 0.6 is 0 Å². The molecule has 1 saturated heterocycles. The normalized spacial score (nSPS) is 21.6. The molecule has 3 atom stereocenters. The standard InChI is InChI=1S/C17H23FN2O6S/c1-10-8-20(9-11(2)25-10)16(21)12(3)26-17(22)14-7-13(5-6-15(14)18)27(23,24)19-4/h5-7,10-12,19H,8-9H2,1-4H3. The lowest BCUT2D eigenvalue weighted by Gasteiger charge is -2.36. The highest BCUT2D eigenvalue weighted by molar-refractivity contribution is 7.89. The van der Waals surface area contributed by atoms with E-state index in [2.05, 4.69) is 4.72 Å². The van der Waals surface area contributed by atoms with Crippen molar-refractivity contribution in [3.8, 4) is 0 Å². The fraction of sp³-hybridized carbons (Fsp3) is 0.529. The topological polar surface area (TPSA) is 102 Å². The molecule has 0 bridgehead atoms. The molecule has 3 unspecified atom stereocenters. The molecule has 1 amide bonds. The number of hydrogen-bond donors (Lipinski definition) is 1. The molecule has 1 heterocycles. The van der Waals surface area contributed by atoms with Crippen LogP contribution in [-0.2, 0) is 24.3 Å². The third kappa shape index (κ3) is 5.02. The van der Waals surface area contributed by atoms with Gasteiger partial charge in [-0.15, -0.1) is 0 Å². The molecule has 0 aromatic heterocycles. The van der Waals surface area contributed by atoms with Crippen LogP contribution in [0.2, 0.25) is 0 Å². The molecule has 1 aliphatic heterocycles. The van der Waals surface area contributed by atoms with E-state index in [0.717, 1.165) is 18.2 Å². The van der Waals surface area contributed by atoms with Gasteiger partial charge in [-0.05, 0) is 46.0 Å². The number of carbonyl (C=O) groups excluding carboxylic acids is 2. The molecule has 1 aromatic carbocycles. The number of esters is 1. The van der Waals surface area contributed by atoms with Gasteiger partial charge in [0.25, 0.3) is 5.91 Å². The first-order valence-corrected chi connectivity index (χ1v) is 9.91. The van der Waals surface area contributed by atoms with E-state index in [9.17, 15) is 22.4 Å². The van der Waals surface area contributed by atoms with Gasteiger partial charge >= 0.3 is 5.97 Å². The maximum absolute atomic E-state index is 14.0. The monoisotopic (exact) mass is 402 g/mol. The third-order valence-electron chi connectivity index (χ3n) is 4.10. The number of halogens is 1. The van der Waals surface area contributed by atoms with E-state index in [1.165, 1.54) is 18.9 Å². The minimum absolute atomic E-state index is 0.151. The number of amides is 1. The predicted octanol–water partition coefficient (Wildman–Crippen LogP) is 0.915. The zero-order valence-corrected chi connectivity index (χ0v) is 16.4. The highest BCUT2D eigenvalue weighted by Gasteiger charge is 2.31. The number of ether oxygens (including phenoxy) is 2. The molecule has 27 heavy (non-hydrogen) atoms. The van der Waals surface area contributed by atoms with Crippen LogP contribution < -0.4 is 4.72 Å². The first kappa shape index (κ1) is 21.3. The fourth-order valence-electron chi connectivity index (χ4n) is 2.84. The zero-order chi connectivity index (χ0) is 20.4. The fourth-order valence-corrected chi connectivity index (χ4v) is 3.59. The van der Waals surface area contributed by atoms with Crippen LogP contribution in [-0.4, -0.2) is 63.6 Å². The summed E-state index contributed by atoms with van der Waals surface area (Å²) in [5.41, 5.74) is -0.560. The van der Waals surface area contributed by atoms with Crippen molar-refractivity contribution in [1.82, 2.24) is 9.62 Å². The number of sulfonamides is 1. The van der Waals surface area contributed by atoms with E-state index < -0.39 is 39.4 Å². The van der Waals surface area contributed by atoms with Crippen LogP contribution in [0.15, 0.2) is 23.1 Å². The van der Waals surface area contributed by atoms with Gasteiger partial charge < -0.3 is 14.4 Å². The first-order chi connectivity index (χ1) is 12.5. The molecule has 1 N–H and O–H groups in total. The van der Waals surface area contributed by atoms with Gasteiger partial charge in [0, 0.05) is 13.1 Å². The molecule has 2 rings (SSSR count). The van der Waals surface area contributed by atoms with Crippen LogP contribution in [0.4, 0.5) is 4.39 Å². The summed E-state index contributed by atoms with van der Waals surface area (Å²) in [6, 6.07) is 2.77. The molecule has 0 aliphatic carbocycles. The summed E-state index contributed by atoms with van der Waals surface area (Å²) in [7, 11) is -2.66. The molecule has 150 valence electrons. The van der Waals surface area contributed by atoms with Crippen molar-refractivity contribution in [3.05, 3.63) is 29.6 Å². The van der Waals surface area contributed by atoms with E-state index in [4.69, 9.17) is 9.47 Å². The lowest BCUT2D eigenvalue weighted by Crippen LogP contribution is -2.51. The summed E-state index contributed by atoms with van der Waals surface area (Å²) in [4.78, 5) is 26.0.